The van der Waals surface area contributed by atoms with Crippen molar-refractivity contribution in [2.45, 2.75) is 81.4 Å². The Bertz CT molecular complexity index is 704. The fourth-order valence-electron chi connectivity index (χ4n) is 5.88. The number of carbonyl (C=O) groups is 3. The molecule has 3 amide bonds. The lowest BCUT2D eigenvalue weighted by Gasteiger charge is -2.39. The molecule has 0 aromatic rings. The third-order valence-corrected chi connectivity index (χ3v) is 9.65. The van der Waals surface area contributed by atoms with Gasteiger partial charge >= 0.3 is 0 Å². The monoisotopic (exact) mass is 439 g/mol. The average Bonchev–Trinajstić information content (AvgIpc) is 3.29. The number of carbonyl (C=O) groups excluding carboxylic acids is 3. The SMILES string of the molecule is CCCCNC(=O)C1N([C@@H](CO)[C@@H](C)CC)C(=O)[C@@H]2[C@@H](C(=O)NC)[C@@]3(C)CCC12S3. The van der Waals surface area contributed by atoms with Gasteiger partial charge in [0.2, 0.25) is 17.7 Å². The highest BCUT2D eigenvalue weighted by Crippen LogP contribution is 2.71. The van der Waals surface area contributed by atoms with E-state index in [1.165, 1.54) is 0 Å². The van der Waals surface area contributed by atoms with Gasteiger partial charge in [0.15, 0.2) is 0 Å². The van der Waals surface area contributed by atoms with E-state index in [4.69, 9.17) is 0 Å². The first kappa shape index (κ1) is 23.4. The van der Waals surface area contributed by atoms with Crippen LogP contribution in [0.2, 0.25) is 0 Å². The average molecular weight is 440 g/mol. The number of hydrogen-bond donors (Lipinski definition) is 3. The van der Waals surface area contributed by atoms with Crippen molar-refractivity contribution in [3.05, 3.63) is 0 Å². The fourth-order valence-corrected chi connectivity index (χ4v) is 8.22. The zero-order chi connectivity index (χ0) is 22.3. The summed E-state index contributed by atoms with van der Waals surface area (Å²) < 4.78 is -0.959. The van der Waals surface area contributed by atoms with Crippen LogP contribution < -0.4 is 10.6 Å². The molecule has 7 nitrogen and oxygen atoms in total. The Kier molecular flexibility index (Phi) is 6.77. The first-order valence-electron chi connectivity index (χ1n) is 11.3. The van der Waals surface area contributed by atoms with E-state index in [1.54, 1.807) is 23.7 Å². The van der Waals surface area contributed by atoms with Gasteiger partial charge in [-0.05, 0) is 32.1 Å². The maximum Gasteiger partial charge on any atom is 0.244 e. The number of nitrogens with zero attached hydrogens (tertiary/aromatic N) is 1. The first-order valence-corrected chi connectivity index (χ1v) is 12.2. The van der Waals surface area contributed by atoms with Gasteiger partial charge in [-0.15, -0.1) is 11.8 Å². The van der Waals surface area contributed by atoms with E-state index in [0.29, 0.717) is 6.54 Å². The topological polar surface area (TPSA) is 98.7 Å². The number of hydrogen-bond acceptors (Lipinski definition) is 5. The molecule has 7 atom stereocenters. The highest BCUT2D eigenvalue weighted by Gasteiger charge is 2.77. The summed E-state index contributed by atoms with van der Waals surface area (Å²) in [4.78, 5) is 41.9. The fraction of sp³-hybridized carbons (Fsp3) is 0.864. The molecule has 3 heterocycles. The molecule has 2 unspecified atom stereocenters. The van der Waals surface area contributed by atoms with Crippen molar-refractivity contribution in [3.8, 4) is 0 Å². The maximum absolute atomic E-state index is 13.9. The third kappa shape index (κ3) is 3.34. The molecule has 0 saturated carbocycles. The van der Waals surface area contributed by atoms with Crippen molar-refractivity contribution in [2.24, 2.45) is 17.8 Å². The molecule has 3 N–H and O–H groups in total. The number of aliphatic hydroxyl groups is 1. The third-order valence-electron chi connectivity index (χ3n) is 7.67. The second kappa shape index (κ2) is 8.69. The molecule has 0 aromatic carbocycles. The van der Waals surface area contributed by atoms with Crippen LogP contribution in [0.5, 0.6) is 0 Å². The highest BCUT2D eigenvalue weighted by molar-refractivity contribution is 8.02. The van der Waals surface area contributed by atoms with Crippen LogP contribution >= 0.6 is 11.8 Å². The predicted octanol–water partition coefficient (Wildman–Crippen LogP) is 1.54. The lowest BCUT2D eigenvalue weighted by molar-refractivity contribution is -0.144. The second-order valence-corrected chi connectivity index (χ2v) is 11.3. The van der Waals surface area contributed by atoms with Crippen LogP contribution in [0.3, 0.4) is 0 Å². The van der Waals surface area contributed by atoms with Crippen LogP contribution in [0.1, 0.15) is 59.8 Å². The van der Waals surface area contributed by atoms with Crippen LogP contribution in [0.25, 0.3) is 0 Å². The first-order chi connectivity index (χ1) is 14.2. The molecule has 0 aromatic heterocycles. The molecule has 170 valence electrons. The highest BCUT2D eigenvalue weighted by atomic mass is 32.2. The van der Waals surface area contributed by atoms with Crippen LogP contribution in [0.4, 0.5) is 0 Å². The Morgan fingerprint density at radius 1 is 1.30 bits per heavy atom. The van der Waals surface area contributed by atoms with E-state index in [9.17, 15) is 19.5 Å². The molecule has 30 heavy (non-hydrogen) atoms. The van der Waals surface area contributed by atoms with E-state index in [-0.39, 0.29) is 35.0 Å². The molecule has 3 aliphatic heterocycles. The molecule has 1 spiro atoms. The van der Waals surface area contributed by atoms with Gasteiger partial charge in [-0.2, -0.15) is 0 Å². The second-order valence-electron chi connectivity index (χ2n) is 9.37. The summed E-state index contributed by atoms with van der Waals surface area (Å²) in [6.07, 6.45) is 4.18. The predicted molar refractivity (Wildman–Crippen MR) is 118 cm³/mol. The van der Waals surface area contributed by atoms with Crippen LogP contribution in [-0.2, 0) is 14.4 Å². The number of likely N-dealkylation sites (tertiary alicyclic amines) is 1. The molecule has 3 fully saturated rings. The Hall–Kier alpha value is -1.28. The van der Waals surface area contributed by atoms with Gasteiger partial charge < -0.3 is 20.6 Å². The summed E-state index contributed by atoms with van der Waals surface area (Å²) in [7, 11) is 1.61. The molecule has 0 radical (unpaired) electrons. The Morgan fingerprint density at radius 3 is 2.57 bits per heavy atom. The zero-order valence-corrected chi connectivity index (χ0v) is 19.7. The summed E-state index contributed by atoms with van der Waals surface area (Å²) >= 11 is 1.67. The Labute approximate surface area is 184 Å². The molecule has 2 bridgehead atoms. The number of unbranched alkanes of at least 4 members (excludes halogenated alkanes) is 1. The number of thioether (sulfide) groups is 1. The van der Waals surface area contributed by atoms with E-state index < -0.39 is 28.7 Å². The van der Waals surface area contributed by atoms with Gasteiger partial charge in [0, 0.05) is 18.3 Å². The summed E-state index contributed by atoms with van der Waals surface area (Å²) in [5.41, 5.74) is 0. The normalized spacial score (nSPS) is 36.5. The van der Waals surface area contributed by atoms with Gasteiger partial charge in [-0.3, -0.25) is 14.4 Å². The minimum atomic E-state index is -0.653. The number of amides is 3. The molecular weight excluding hydrogens is 402 g/mol. The Morgan fingerprint density at radius 2 is 2.00 bits per heavy atom. The number of rotatable bonds is 9. The summed E-state index contributed by atoms with van der Waals surface area (Å²) in [6, 6.07) is -1.08. The molecule has 3 saturated heterocycles. The van der Waals surface area contributed by atoms with E-state index in [0.717, 1.165) is 32.1 Å². The van der Waals surface area contributed by atoms with Crippen molar-refractivity contribution in [1.29, 1.82) is 0 Å². The minimum Gasteiger partial charge on any atom is -0.394 e. The summed E-state index contributed by atoms with van der Waals surface area (Å²) in [5, 5.41) is 16.0. The molecular formula is C22H37N3O4S. The van der Waals surface area contributed by atoms with Crippen molar-refractivity contribution in [1.82, 2.24) is 15.5 Å². The quantitative estimate of drug-likeness (QED) is 0.473. The molecule has 3 aliphatic rings. The van der Waals surface area contributed by atoms with Gasteiger partial charge in [-0.25, -0.2) is 0 Å². The number of fused-ring (bicyclic) bond motifs is 1. The Balaban J connectivity index is 2.06. The summed E-state index contributed by atoms with van der Waals surface area (Å²) in [5.74, 6) is -1.34. The largest absolute Gasteiger partial charge is 0.394 e. The van der Waals surface area contributed by atoms with Gasteiger partial charge in [0.1, 0.15) is 6.04 Å². The van der Waals surface area contributed by atoms with Crippen LogP contribution in [0, 0.1) is 17.8 Å². The lowest BCUT2D eigenvalue weighted by Crippen LogP contribution is -2.57. The van der Waals surface area contributed by atoms with Gasteiger partial charge in [0.05, 0.1) is 29.2 Å². The van der Waals surface area contributed by atoms with Crippen LogP contribution in [0.15, 0.2) is 0 Å². The molecule has 0 aliphatic carbocycles. The smallest absolute Gasteiger partial charge is 0.244 e. The van der Waals surface area contributed by atoms with E-state index >= 15 is 0 Å². The van der Waals surface area contributed by atoms with E-state index in [2.05, 4.69) is 24.5 Å². The lowest BCUT2D eigenvalue weighted by atomic mass is 9.66. The van der Waals surface area contributed by atoms with Crippen molar-refractivity contribution in [3.63, 3.8) is 0 Å². The molecule has 3 rings (SSSR count). The molecule has 8 heteroatoms. The zero-order valence-electron chi connectivity index (χ0n) is 18.9. The van der Waals surface area contributed by atoms with Gasteiger partial charge in [0.25, 0.3) is 0 Å². The van der Waals surface area contributed by atoms with E-state index in [1.807, 2.05) is 13.8 Å². The number of aliphatic hydroxyl groups excluding tert-OH is 1. The van der Waals surface area contributed by atoms with Crippen LogP contribution in [-0.4, -0.2) is 69.5 Å². The van der Waals surface area contributed by atoms with Crippen molar-refractivity contribution >= 4 is 29.5 Å². The van der Waals surface area contributed by atoms with Gasteiger partial charge in [-0.1, -0.05) is 33.6 Å². The minimum absolute atomic E-state index is 0.0522. The van der Waals surface area contributed by atoms with Crippen molar-refractivity contribution < 1.29 is 19.5 Å². The maximum atomic E-state index is 13.9. The standard InChI is InChI=1S/C22H37N3O4S/c1-6-8-11-24-19(28)17-22-10-9-21(4,30-22)15(18(27)23-5)16(22)20(29)25(17)14(12-26)13(3)7-2/h13-17,26H,6-12H2,1-5H3,(H,23,27)(H,24,28)/t13-,14-,15-,16-,17?,21+,22?/m0/s1. The van der Waals surface area contributed by atoms with Crippen molar-refractivity contribution in [2.75, 3.05) is 20.2 Å². The number of nitrogens with one attached hydrogen (secondary N) is 2. The summed E-state index contributed by atoms with van der Waals surface area (Å²) in [6.45, 7) is 8.55.